The molecule has 130 valence electrons. The summed E-state index contributed by atoms with van der Waals surface area (Å²) in [6, 6.07) is 6.54. The molecule has 0 aliphatic rings. The zero-order valence-electron chi connectivity index (χ0n) is 14.8. The Hall–Kier alpha value is -2.02. The number of thioether (sulfide) groups is 1. The van der Waals surface area contributed by atoms with Gasteiger partial charge in [-0.05, 0) is 30.4 Å². The number of hydrogen-bond acceptors (Lipinski definition) is 4. The number of guanidine groups is 1. The average Bonchev–Trinajstić information content (AvgIpc) is 3.06. The molecular formula is C17H26N6S. The Morgan fingerprint density at radius 3 is 2.88 bits per heavy atom. The molecule has 1 heterocycles. The molecule has 0 spiro atoms. The fourth-order valence-electron chi connectivity index (χ4n) is 2.43. The Morgan fingerprint density at radius 2 is 2.17 bits per heavy atom. The van der Waals surface area contributed by atoms with Crippen molar-refractivity contribution in [2.75, 3.05) is 19.8 Å². The molecule has 0 radical (unpaired) electrons. The number of hydrogen-bond donors (Lipinski definition) is 2. The largest absolute Gasteiger partial charge is 0.355 e. The predicted octanol–water partition coefficient (Wildman–Crippen LogP) is 2.24. The number of nitrogens with zero attached hydrogens (tertiary/aromatic N) is 4. The zero-order chi connectivity index (χ0) is 17.4. The van der Waals surface area contributed by atoms with Crippen LogP contribution in [0, 0.1) is 6.92 Å². The van der Waals surface area contributed by atoms with Gasteiger partial charge in [0.2, 0.25) is 0 Å². The Balaban J connectivity index is 1.85. The quantitative estimate of drug-likeness (QED) is 0.457. The molecular weight excluding hydrogens is 320 g/mol. The van der Waals surface area contributed by atoms with Crippen LogP contribution < -0.4 is 10.6 Å². The number of nitrogens with one attached hydrogen (secondary N) is 2. The van der Waals surface area contributed by atoms with E-state index in [4.69, 9.17) is 0 Å². The molecule has 6 nitrogen and oxygen atoms in total. The van der Waals surface area contributed by atoms with E-state index in [2.05, 4.69) is 68.7 Å². The van der Waals surface area contributed by atoms with Gasteiger partial charge in [0.05, 0.1) is 0 Å². The van der Waals surface area contributed by atoms with Crippen molar-refractivity contribution in [3.8, 4) is 0 Å². The molecule has 2 aromatic rings. The lowest BCUT2D eigenvalue weighted by Gasteiger charge is -2.14. The van der Waals surface area contributed by atoms with Crippen molar-refractivity contribution in [1.29, 1.82) is 0 Å². The first-order valence-corrected chi connectivity index (χ1v) is 9.35. The van der Waals surface area contributed by atoms with E-state index in [-0.39, 0.29) is 0 Å². The molecule has 2 rings (SSSR count). The topological polar surface area (TPSA) is 67.1 Å². The zero-order valence-corrected chi connectivity index (χ0v) is 15.7. The third kappa shape index (κ3) is 4.99. The van der Waals surface area contributed by atoms with Crippen molar-refractivity contribution in [2.45, 2.75) is 38.3 Å². The van der Waals surface area contributed by atoms with Gasteiger partial charge in [-0.2, -0.15) is 0 Å². The molecule has 0 unspecified atom stereocenters. The van der Waals surface area contributed by atoms with Gasteiger partial charge >= 0.3 is 0 Å². The smallest absolute Gasteiger partial charge is 0.191 e. The van der Waals surface area contributed by atoms with Crippen molar-refractivity contribution in [2.24, 2.45) is 4.99 Å². The highest BCUT2D eigenvalue weighted by Gasteiger charge is 2.05. The van der Waals surface area contributed by atoms with Crippen LogP contribution in [-0.4, -0.2) is 40.6 Å². The monoisotopic (exact) mass is 346 g/mol. The minimum Gasteiger partial charge on any atom is -0.355 e. The van der Waals surface area contributed by atoms with Crippen LogP contribution >= 0.6 is 11.8 Å². The third-order valence-corrected chi connectivity index (χ3v) is 4.59. The van der Waals surface area contributed by atoms with Gasteiger partial charge in [0.25, 0.3) is 0 Å². The highest BCUT2D eigenvalue weighted by Crippen LogP contribution is 2.21. The minimum absolute atomic E-state index is 0.753. The second-order valence-corrected chi connectivity index (χ2v) is 6.31. The summed E-state index contributed by atoms with van der Waals surface area (Å²) in [5.74, 6) is 1.80. The van der Waals surface area contributed by atoms with Gasteiger partial charge in [0, 0.05) is 38.0 Å². The van der Waals surface area contributed by atoms with E-state index in [1.807, 2.05) is 0 Å². The maximum atomic E-state index is 4.28. The summed E-state index contributed by atoms with van der Waals surface area (Å²) in [7, 11) is 1.79. The molecule has 0 bridgehead atoms. The van der Waals surface area contributed by atoms with Crippen molar-refractivity contribution in [3.63, 3.8) is 0 Å². The summed E-state index contributed by atoms with van der Waals surface area (Å²) < 4.78 is 2.06. The second kappa shape index (κ2) is 9.32. The molecule has 24 heavy (non-hydrogen) atoms. The SMILES string of the molecule is CCc1nncn1CCNC(=NC)NCc1ccc(C)cc1SC. The summed E-state index contributed by atoms with van der Waals surface area (Å²) in [4.78, 5) is 5.59. The Morgan fingerprint density at radius 1 is 1.33 bits per heavy atom. The van der Waals surface area contributed by atoms with E-state index in [1.54, 1.807) is 25.1 Å². The van der Waals surface area contributed by atoms with Crippen LogP contribution in [0.5, 0.6) is 0 Å². The highest BCUT2D eigenvalue weighted by atomic mass is 32.2. The van der Waals surface area contributed by atoms with E-state index in [1.165, 1.54) is 16.0 Å². The lowest BCUT2D eigenvalue weighted by Crippen LogP contribution is -2.38. The number of benzene rings is 1. The number of rotatable bonds is 7. The van der Waals surface area contributed by atoms with Crippen molar-refractivity contribution in [1.82, 2.24) is 25.4 Å². The fraction of sp³-hybridized carbons (Fsp3) is 0.471. The van der Waals surface area contributed by atoms with Crippen LogP contribution in [0.15, 0.2) is 34.4 Å². The molecule has 0 saturated carbocycles. The first kappa shape index (κ1) is 18.3. The van der Waals surface area contributed by atoms with E-state index in [9.17, 15) is 0 Å². The lowest BCUT2D eigenvalue weighted by atomic mass is 10.1. The standard InChI is InChI=1S/C17H26N6S/c1-5-16-22-21-12-23(16)9-8-19-17(18-3)20-11-14-7-6-13(2)10-15(14)24-4/h6-7,10,12H,5,8-9,11H2,1-4H3,(H2,18,19,20). The van der Waals surface area contributed by atoms with Crippen molar-refractivity contribution >= 4 is 17.7 Å². The molecule has 1 aromatic carbocycles. The van der Waals surface area contributed by atoms with E-state index >= 15 is 0 Å². The van der Waals surface area contributed by atoms with Gasteiger partial charge in [0.15, 0.2) is 5.96 Å². The minimum atomic E-state index is 0.753. The lowest BCUT2D eigenvalue weighted by molar-refractivity contribution is 0.632. The molecule has 0 aliphatic carbocycles. The molecule has 0 fully saturated rings. The first-order chi connectivity index (χ1) is 11.7. The number of aliphatic imine (C=N–C) groups is 1. The number of aromatic nitrogens is 3. The maximum absolute atomic E-state index is 4.28. The predicted molar refractivity (Wildman–Crippen MR) is 101 cm³/mol. The highest BCUT2D eigenvalue weighted by molar-refractivity contribution is 7.98. The van der Waals surface area contributed by atoms with Crippen molar-refractivity contribution < 1.29 is 0 Å². The first-order valence-electron chi connectivity index (χ1n) is 8.12. The summed E-state index contributed by atoms with van der Waals surface area (Å²) >= 11 is 1.77. The van der Waals surface area contributed by atoms with E-state index in [0.717, 1.165) is 37.8 Å². The molecule has 0 amide bonds. The normalized spacial score (nSPS) is 11.6. The average molecular weight is 347 g/mol. The molecule has 7 heteroatoms. The van der Waals surface area contributed by atoms with Crippen LogP contribution in [0.4, 0.5) is 0 Å². The van der Waals surface area contributed by atoms with Gasteiger partial charge in [-0.3, -0.25) is 4.99 Å². The molecule has 0 aliphatic heterocycles. The van der Waals surface area contributed by atoms with Gasteiger partial charge in [-0.1, -0.05) is 19.1 Å². The summed E-state index contributed by atoms with van der Waals surface area (Å²) in [6.45, 7) is 6.54. The van der Waals surface area contributed by atoms with Crippen LogP contribution in [0.3, 0.4) is 0 Å². The van der Waals surface area contributed by atoms with E-state index < -0.39 is 0 Å². The maximum Gasteiger partial charge on any atom is 0.191 e. The number of aryl methyl sites for hydroxylation is 2. The van der Waals surface area contributed by atoms with Gasteiger partial charge < -0.3 is 15.2 Å². The summed E-state index contributed by atoms with van der Waals surface area (Å²) in [5, 5.41) is 14.7. The van der Waals surface area contributed by atoms with E-state index in [0.29, 0.717) is 0 Å². The summed E-state index contributed by atoms with van der Waals surface area (Å²) in [5.41, 5.74) is 2.56. The van der Waals surface area contributed by atoms with Gasteiger partial charge in [-0.15, -0.1) is 22.0 Å². The Bertz CT molecular complexity index is 679. The Kier molecular flexibility index (Phi) is 7.11. The molecule has 0 atom stereocenters. The third-order valence-electron chi connectivity index (χ3n) is 3.77. The second-order valence-electron chi connectivity index (χ2n) is 5.46. The van der Waals surface area contributed by atoms with Crippen LogP contribution in [0.2, 0.25) is 0 Å². The van der Waals surface area contributed by atoms with Crippen LogP contribution in [0.1, 0.15) is 23.9 Å². The van der Waals surface area contributed by atoms with Gasteiger partial charge in [0.1, 0.15) is 12.2 Å². The fourth-order valence-corrected chi connectivity index (χ4v) is 3.14. The summed E-state index contributed by atoms with van der Waals surface area (Å²) in [6.07, 6.45) is 4.77. The van der Waals surface area contributed by atoms with Crippen LogP contribution in [0.25, 0.3) is 0 Å². The Labute approximate surface area is 148 Å². The van der Waals surface area contributed by atoms with Crippen LogP contribution in [-0.2, 0) is 19.5 Å². The molecule has 1 aromatic heterocycles. The molecule has 2 N–H and O–H groups in total. The molecule has 0 saturated heterocycles. The van der Waals surface area contributed by atoms with Crippen molar-refractivity contribution in [3.05, 3.63) is 41.5 Å². The van der Waals surface area contributed by atoms with Gasteiger partial charge in [-0.25, -0.2) is 0 Å².